The predicted molar refractivity (Wildman–Crippen MR) is 137 cm³/mol. The molecule has 4 amide bonds. The molecule has 3 aromatic carbocycles. The van der Waals surface area contributed by atoms with Crippen molar-refractivity contribution < 1.29 is 28.6 Å². The van der Waals surface area contributed by atoms with Crippen LogP contribution in [0.25, 0.3) is 6.08 Å². The lowest BCUT2D eigenvalue weighted by molar-refractivity contribution is -0.122. The molecule has 0 radical (unpaired) electrons. The summed E-state index contributed by atoms with van der Waals surface area (Å²) in [6, 6.07) is 14.3. The number of imide groups is 2. The Morgan fingerprint density at radius 1 is 0.972 bits per heavy atom. The van der Waals surface area contributed by atoms with E-state index in [-0.39, 0.29) is 40.5 Å². The Bertz CT molecular complexity index is 1420. The maximum Gasteiger partial charge on any atom is 0.335 e. The summed E-state index contributed by atoms with van der Waals surface area (Å²) < 4.78 is 17.3. The minimum Gasteiger partial charge on any atom is -0.486 e. The summed E-state index contributed by atoms with van der Waals surface area (Å²) in [5.74, 6) is -0.523. The molecule has 1 fully saturated rings. The van der Waals surface area contributed by atoms with Gasteiger partial charge in [0.05, 0.1) is 15.7 Å². The molecule has 0 aliphatic carbocycles. The summed E-state index contributed by atoms with van der Waals surface area (Å²) in [5.41, 5.74) is 1.23. The zero-order valence-corrected chi connectivity index (χ0v) is 21.3. The van der Waals surface area contributed by atoms with Gasteiger partial charge in [0, 0.05) is 10.5 Å². The van der Waals surface area contributed by atoms with Gasteiger partial charge in [-0.3, -0.25) is 14.9 Å². The number of rotatable bonds is 5. The van der Waals surface area contributed by atoms with E-state index in [2.05, 4.69) is 21.2 Å². The number of amides is 4. The molecule has 36 heavy (non-hydrogen) atoms. The molecule has 0 unspecified atom stereocenters. The molecule has 3 aromatic rings. The first-order valence-electron chi connectivity index (χ1n) is 10.5. The third-order valence-electron chi connectivity index (χ3n) is 5.34. The van der Waals surface area contributed by atoms with E-state index in [0.29, 0.717) is 17.1 Å². The van der Waals surface area contributed by atoms with Gasteiger partial charge >= 0.3 is 6.03 Å². The van der Waals surface area contributed by atoms with Crippen molar-refractivity contribution in [2.45, 2.75) is 6.61 Å². The average molecular weight is 590 g/mol. The maximum absolute atomic E-state index is 13.2. The molecule has 1 saturated heterocycles. The van der Waals surface area contributed by atoms with Gasteiger partial charge in [-0.05, 0) is 53.6 Å². The molecule has 0 aromatic heterocycles. The maximum atomic E-state index is 13.2. The summed E-state index contributed by atoms with van der Waals surface area (Å²) in [6.45, 7) is 0.271. The van der Waals surface area contributed by atoms with Crippen LogP contribution < -0.4 is 24.4 Å². The molecule has 0 spiro atoms. The molecular formula is C25H15BrCl2N2O6. The van der Waals surface area contributed by atoms with E-state index in [4.69, 9.17) is 37.4 Å². The molecule has 0 atom stereocenters. The number of halogens is 3. The number of hydrogen-bond acceptors (Lipinski definition) is 6. The van der Waals surface area contributed by atoms with E-state index < -0.39 is 17.8 Å². The van der Waals surface area contributed by atoms with Crippen LogP contribution in [0.15, 0.2) is 64.6 Å². The molecular weight excluding hydrogens is 575 g/mol. The second-order valence-electron chi connectivity index (χ2n) is 7.72. The minimum absolute atomic E-state index is 0.0346. The van der Waals surface area contributed by atoms with Crippen LogP contribution in [-0.2, 0) is 16.2 Å². The molecule has 2 aliphatic heterocycles. The van der Waals surface area contributed by atoms with Crippen molar-refractivity contribution in [3.05, 3.63) is 85.8 Å². The quantitative estimate of drug-likeness (QED) is 0.302. The lowest BCUT2D eigenvalue weighted by Gasteiger charge is -2.26. The third-order valence-corrected chi connectivity index (χ3v) is 6.43. The summed E-state index contributed by atoms with van der Waals surface area (Å²) in [6.07, 6.45) is 1.31. The van der Waals surface area contributed by atoms with Crippen LogP contribution in [0.5, 0.6) is 17.2 Å². The van der Waals surface area contributed by atoms with E-state index >= 15 is 0 Å². The normalized spacial score (nSPS) is 15.9. The monoisotopic (exact) mass is 588 g/mol. The second kappa shape index (κ2) is 9.85. The lowest BCUT2D eigenvalue weighted by Crippen LogP contribution is -2.54. The first-order chi connectivity index (χ1) is 17.3. The number of urea groups is 1. The summed E-state index contributed by atoms with van der Waals surface area (Å²) in [5, 5.41) is 2.56. The van der Waals surface area contributed by atoms with E-state index in [1.54, 1.807) is 6.07 Å². The van der Waals surface area contributed by atoms with E-state index in [1.165, 1.54) is 30.3 Å². The van der Waals surface area contributed by atoms with Gasteiger partial charge in [0.2, 0.25) is 6.79 Å². The van der Waals surface area contributed by atoms with Crippen LogP contribution in [0.2, 0.25) is 10.0 Å². The van der Waals surface area contributed by atoms with Crippen LogP contribution in [0, 0.1) is 0 Å². The number of nitrogens with zero attached hydrogens (tertiary/aromatic N) is 1. The Kier molecular flexibility index (Phi) is 6.61. The average Bonchev–Trinajstić information content (AvgIpc) is 3.30. The highest BCUT2D eigenvalue weighted by Crippen LogP contribution is 2.38. The van der Waals surface area contributed by atoms with Gasteiger partial charge in [-0.15, -0.1) is 0 Å². The largest absolute Gasteiger partial charge is 0.486 e. The fourth-order valence-corrected chi connectivity index (χ4v) is 4.50. The topological polar surface area (TPSA) is 94.2 Å². The fourth-order valence-electron chi connectivity index (χ4n) is 3.62. The second-order valence-corrected chi connectivity index (χ2v) is 9.45. The smallest absolute Gasteiger partial charge is 0.335 e. The summed E-state index contributed by atoms with van der Waals surface area (Å²) in [7, 11) is 0. The van der Waals surface area contributed by atoms with Gasteiger partial charge in [-0.25, -0.2) is 9.69 Å². The van der Waals surface area contributed by atoms with Crippen LogP contribution in [0.4, 0.5) is 10.5 Å². The van der Waals surface area contributed by atoms with Gasteiger partial charge < -0.3 is 14.2 Å². The Labute approximate surface area is 223 Å². The number of barbiturate groups is 1. The van der Waals surface area contributed by atoms with Gasteiger partial charge in [-0.2, -0.15) is 0 Å². The number of anilines is 1. The van der Waals surface area contributed by atoms with Crippen molar-refractivity contribution in [3.8, 4) is 17.2 Å². The molecule has 0 saturated carbocycles. The SMILES string of the molecule is O=C1NC(=O)N(c2ccc3c(c2)OCO3)C(=O)/C1=C/c1cc(Cl)c(OCc2ccc(Br)cc2)c(Cl)c1. The molecule has 182 valence electrons. The third kappa shape index (κ3) is 4.77. The Hall–Kier alpha value is -3.53. The van der Waals surface area contributed by atoms with Crippen LogP contribution in [0.1, 0.15) is 11.1 Å². The number of benzene rings is 3. The minimum atomic E-state index is -0.881. The fraction of sp³-hybridized carbons (Fsp3) is 0.0800. The van der Waals surface area contributed by atoms with E-state index in [9.17, 15) is 14.4 Å². The van der Waals surface area contributed by atoms with Crippen molar-refractivity contribution in [1.82, 2.24) is 5.32 Å². The molecule has 0 bridgehead atoms. The molecule has 5 rings (SSSR count). The first kappa shape index (κ1) is 24.2. The highest BCUT2D eigenvalue weighted by atomic mass is 79.9. The predicted octanol–water partition coefficient (Wildman–Crippen LogP) is 5.73. The van der Waals surface area contributed by atoms with Crippen LogP contribution in [0.3, 0.4) is 0 Å². The lowest BCUT2D eigenvalue weighted by atomic mass is 10.1. The van der Waals surface area contributed by atoms with Crippen molar-refractivity contribution in [3.63, 3.8) is 0 Å². The zero-order valence-electron chi connectivity index (χ0n) is 18.2. The van der Waals surface area contributed by atoms with Crippen molar-refractivity contribution in [2.75, 3.05) is 11.7 Å². The van der Waals surface area contributed by atoms with E-state index in [0.717, 1.165) is 14.9 Å². The van der Waals surface area contributed by atoms with Gasteiger partial charge in [0.15, 0.2) is 17.2 Å². The molecule has 2 aliphatic rings. The summed E-state index contributed by atoms with van der Waals surface area (Å²) >= 11 is 16.2. The summed E-state index contributed by atoms with van der Waals surface area (Å²) in [4.78, 5) is 39.0. The number of ether oxygens (including phenoxy) is 3. The molecule has 1 N–H and O–H groups in total. The van der Waals surface area contributed by atoms with Crippen LogP contribution >= 0.6 is 39.1 Å². The standard InChI is InChI=1S/C25H15BrCl2N2O6/c26-15-3-1-13(2-4-15)11-34-22-18(27)8-14(9-19(22)28)7-17-23(31)29-25(33)30(24(17)32)16-5-6-20-21(10-16)36-12-35-20/h1-10H,11-12H2,(H,29,31,33)/b17-7+. The number of fused-ring (bicyclic) bond motifs is 1. The number of hydrogen-bond donors (Lipinski definition) is 1. The molecule has 11 heteroatoms. The van der Waals surface area contributed by atoms with Crippen molar-refractivity contribution in [1.29, 1.82) is 0 Å². The number of carbonyl (C=O) groups is 3. The molecule has 2 heterocycles. The molecule has 8 nitrogen and oxygen atoms in total. The Morgan fingerprint density at radius 3 is 2.39 bits per heavy atom. The Morgan fingerprint density at radius 2 is 1.67 bits per heavy atom. The number of carbonyl (C=O) groups excluding carboxylic acids is 3. The number of nitrogens with one attached hydrogen (secondary N) is 1. The first-order valence-corrected chi connectivity index (χ1v) is 12.0. The van der Waals surface area contributed by atoms with E-state index in [1.807, 2.05) is 24.3 Å². The van der Waals surface area contributed by atoms with Crippen molar-refractivity contribution in [2.24, 2.45) is 0 Å². The van der Waals surface area contributed by atoms with Gasteiger partial charge in [0.1, 0.15) is 12.2 Å². The van der Waals surface area contributed by atoms with Gasteiger partial charge in [0.25, 0.3) is 11.8 Å². The highest BCUT2D eigenvalue weighted by molar-refractivity contribution is 9.10. The van der Waals surface area contributed by atoms with Gasteiger partial charge in [-0.1, -0.05) is 51.3 Å². The van der Waals surface area contributed by atoms with Crippen LogP contribution in [-0.4, -0.2) is 24.6 Å². The van der Waals surface area contributed by atoms with Crippen molar-refractivity contribution >= 4 is 68.7 Å². The Balaban J connectivity index is 1.40. The zero-order chi connectivity index (χ0) is 25.4. The highest BCUT2D eigenvalue weighted by Gasteiger charge is 2.37.